The van der Waals surface area contributed by atoms with E-state index < -0.39 is 0 Å². The molecule has 0 atom stereocenters. The molecule has 0 unspecified atom stereocenters. The first-order chi connectivity index (χ1) is 12.2. The molecule has 0 radical (unpaired) electrons. The Morgan fingerprint density at radius 1 is 0.520 bits per heavy atom. The summed E-state index contributed by atoms with van der Waals surface area (Å²) in [7, 11) is 0. The predicted molar refractivity (Wildman–Crippen MR) is 109 cm³/mol. The van der Waals surface area contributed by atoms with Crippen LogP contribution in [0.5, 0.6) is 0 Å². The maximum atomic E-state index is 3.48. The molecule has 4 nitrogen and oxygen atoms in total. The second kappa shape index (κ2) is 5.70. The average molecular weight is 438 g/mol. The summed E-state index contributed by atoms with van der Waals surface area (Å²) < 4.78 is 1.16. The molecule has 5 rings (SSSR count). The van der Waals surface area contributed by atoms with Crippen molar-refractivity contribution in [2.75, 3.05) is 0 Å². The highest BCUT2D eigenvalue weighted by atomic mass is 127. The third-order valence-corrected chi connectivity index (χ3v) is 5.45. The highest BCUT2D eigenvalue weighted by Crippen LogP contribution is 2.17. The van der Waals surface area contributed by atoms with E-state index in [1.165, 1.54) is 0 Å². The van der Waals surface area contributed by atoms with Crippen LogP contribution >= 0.6 is 22.6 Å². The molecule has 4 aromatic heterocycles. The highest BCUT2D eigenvalue weighted by Gasteiger charge is 2.03. The van der Waals surface area contributed by atoms with E-state index in [4.69, 9.17) is 0 Å². The number of hydrogen-bond acceptors (Lipinski definition) is 0. The monoisotopic (exact) mass is 438 g/mol. The van der Waals surface area contributed by atoms with Gasteiger partial charge in [-0.05, 0) is 89.3 Å². The first kappa shape index (κ1) is 14.7. The van der Waals surface area contributed by atoms with Crippen LogP contribution in [0.15, 0.2) is 48.5 Å². The Bertz CT molecular complexity index is 1310. The largest absolute Gasteiger partial charge is 0.355 e. The maximum Gasteiger partial charge on any atom is 0.0600 e. The molecule has 0 aromatic carbocycles. The lowest BCUT2D eigenvalue weighted by molar-refractivity contribution is 1.23. The van der Waals surface area contributed by atoms with Crippen LogP contribution in [0.3, 0.4) is 0 Å². The number of rotatable bonds is 0. The first-order valence-electron chi connectivity index (χ1n) is 8.06. The lowest BCUT2D eigenvalue weighted by atomic mass is 10.3. The highest BCUT2D eigenvalue weighted by molar-refractivity contribution is 14.1. The fraction of sp³-hybridized carbons (Fsp3) is 0. The van der Waals surface area contributed by atoms with Crippen molar-refractivity contribution in [2.45, 2.75) is 0 Å². The molecule has 0 saturated carbocycles. The topological polar surface area (TPSA) is 63.2 Å². The number of nitrogens with one attached hydrogen (secondary N) is 4. The van der Waals surface area contributed by atoms with E-state index in [9.17, 15) is 0 Å². The minimum Gasteiger partial charge on any atom is -0.355 e. The first-order valence-corrected chi connectivity index (χ1v) is 9.14. The molecule has 25 heavy (non-hydrogen) atoms. The zero-order valence-corrected chi connectivity index (χ0v) is 15.4. The number of aromatic amines is 4. The fourth-order valence-electron chi connectivity index (χ4n) is 3.09. The molecule has 5 heteroatoms. The summed E-state index contributed by atoms with van der Waals surface area (Å²) in [5, 5.41) is 4.32. The van der Waals surface area contributed by atoms with Gasteiger partial charge in [-0.1, -0.05) is 0 Å². The molecule has 4 aromatic rings. The molecular weight excluding hydrogens is 423 g/mol. The Hall–Kier alpha value is -2.67. The maximum absolute atomic E-state index is 3.48. The van der Waals surface area contributed by atoms with Gasteiger partial charge in [0.15, 0.2) is 0 Å². The van der Waals surface area contributed by atoms with Crippen molar-refractivity contribution < 1.29 is 0 Å². The molecule has 0 spiro atoms. The van der Waals surface area contributed by atoms with Crippen LogP contribution in [-0.4, -0.2) is 19.9 Å². The van der Waals surface area contributed by atoms with Crippen LogP contribution in [0.25, 0.3) is 21.8 Å². The van der Waals surface area contributed by atoms with E-state index in [1.54, 1.807) is 0 Å². The van der Waals surface area contributed by atoms with Crippen molar-refractivity contribution >= 4 is 44.4 Å². The van der Waals surface area contributed by atoms with Gasteiger partial charge in [-0.15, -0.1) is 0 Å². The van der Waals surface area contributed by atoms with Gasteiger partial charge in [0.2, 0.25) is 0 Å². The van der Waals surface area contributed by atoms with Crippen LogP contribution in [0.1, 0.15) is 22.8 Å². The molecule has 8 bridgehead atoms. The van der Waals surface area contributed by atoms with E-state index in [-0.39, 0.29) is 0 Å². The Balaban J connectivity index is 1.82. The molecule has 1 aliphatic heterocycles. The van der Waals surface area contributed by atoms with Crippen molar-refractivity contribution in [3.05, 3.63) is 92.7 Å². The third kappa shape index (κ3) is 2.80. The Morgan fingerprint density at radius 2 is 1.08 bits per heavy atom. The Labute approximate surface area is 156 Å². The van der Waals surface area contributed by atoms with Crippen molar-refractivity contribution in [3.63, 3.8) is 0 Å². The molecule has 122 valence electrons. The normalized spacial score (nSPS) is 13.1. The number of aromatic nitrogens is 4. The van der Waals surface area contributed by atoms with E-state index >= 15 is 0 Å². The summed E-state index contributed by atoms with van der Waals surface area (Å²) in [4.78, 5) is 13.8. The van der Waals surface area contributed by atoms with Gasteiger partial charge in [0, 0.05) is 33.1 Å². The SMILES string of the molecule is IC1=c2ccc([nH]2)=Cc2ccc([nH]2)C=c2ccc([nH]2)=Cc2ccc1[nH]2. The fourth-order valence-corrected chi connectivity index (χ4v) is 3.72. The number of hydrogen-bond donors (Lipinski definition) is 4. The summed E-state index contributed by atoms with van der Waals surface area (Å²) >= 11 is 2.38. The van der Waals surface area contributed by atoms with E-state index in [1.807, 2.05) is 0 Å². The van der Waals surface area contributed by atoms with Gasteiger partial charge in [0.05, 0.1) is 14.6 Å². The minimum atomic E-state index is 1.07. The Morgan fingerprint density at radius 3 is 1.80 bits per heavy atom. The van der Waals surface area contributed by atoms with Crippen LogP contribution in [0, 0.1) is 0 Å². The summed E-state index contributed by atoms with van der Waals surface area (Å²) in [6.07, 6.45) is 6.34. The summed E-state index contributed by atoms with van der Waals surface area (Å²) in [5.74, 6) is 0. The molecular formula is C20H15IN4. The van der Waals surface area contributed by atoms with Crippen molar-refractivity contribution in [1.82, 2.24) is 19.9 Å². The van der Waals surface area contributed by atoms with Crippen molar-refractivity contribution in [3.8, 4) is 0 Å². The van der Waals surface area contributed by atoms with Gasteiger partial charge in [-0.2, -0.15) is 0 Å². The van der Waals surface area contributed by atoms with Crippen LogP contribution < -0.4 is 21.4 Å². The van der Waals surface area contributed by atoms with Crippen LogP contribution in [-0.2, 0) is 0 Å². The van der Waals surface area contributed by atoms with Crippen LogP contribution in [0.4, 0.5) is 0 Å². The number of fused-ring (bicyclic) bond motifs is 8. The summed E-state index contributed by atoms with van der Waals surface area (Å²) in [6.45, 7) is 0. The molecule has 0 saturated heterocycles. The molecule has 0 amide bonds. The second-order valence-electron chi connectivity index (χ2n) is 6.14. The summed E-state index contributed by atoms with van der Waals surface area (Å²) in [6, 6.07) is 16.8. The van der Waals surface area contributed by atoms with Gasteiger partial charge in [0.25, 0.3) is 0 Å². The van der Waals surface area contributed by atoms with Gasteiger partial charge >= 0.3 is 0 Å². The minimum absolute atomic E-state index is 1.07. The third-order valence-electron chi connectivity index (χ3n) is 4.29. The Kier molecular flexibility index (Phi) is 3.34. The van der Waals surface area contributed by atoms with Gasteiger partial charge in [-0.3, -0.25) is 0 Å². The molecule has 0 aliphatic carbocycles. The standard InChI is InChI=1S/C20H15IN4/c21-20-18-7-5-16(24-18)10-14-3-1-12(22-14)9-13-2-4-15(23-13)11-17-6-8-19(20)25-17/h1-11,22-25H. The van der Waals surface area contributed by atoms with Gasteiger partial charge < -0.3 is 19.9 Å². The molecule has 1 aliphatic rings. The second-order valence-corrected chi connectivity index (χ2v) is 7.22. The van der Waals surface area contributed by atoms with Gasteiger partial charge in [-0.25, -0.2) is 0 Å². The zero-order chi connectivity index (χ0) is 16.8. The van der Waals surface area contributed by atoms with E-state index in [0.29, 0.717) is 0 Å². The average Bonchev–Trinajstić information content (AvgIpc) is 3.36. The van der Waals surface area contributed by atoms with Crippen molar-refractivity contribution in [2.24, 2.45) is 0 Å². The van der Waals surface area contributed by atoms with Crippen LogP contribution in [0.2, 0.25) is 0 Å². The van der Waals surface area contributed by atoms with Gasteiger partial charge in [0.1, 0.15) is 0 Å². The number of H-pyrrole nitrogens is 4. The smallest absolute Gasteiger partial charge is 0.0600 e. The predicted octanol–water partition coefficient (Wildman–Crippen LogP) is 1.39. The molecule has 5 heterocycles. The summed E-state index contributed by atoms with van der Waals surface area (Å²) in [5.41, 5.74) is 4.32. The quantitative estimate of drug-likeness (QED) is 0.300. The molecule has 4 N–H and O–H groups in total. The number of halogens is 1. The molecule has 0 fully saturated rings. The lowest BCUT2D eigenvalue weighted by Crippen LogP contribution is -2.12. The zero-order valence-electron chi connectivity index (χ0n) is 13.2. The van der Waals surface area contributed by atoms with Crippen molar-refractivity contribution in [1.29, 1.82) is 0 Å². The van der Waals surface area contributed by atoms with E-state index in [0.717, 1.165) is 47.8 Å². The van der Waals surface area contributed by atoms with E-state index in [2.05, 4.69) is 109 Å². The lowest BCUT2D eigenvalue weighted by Gasteiger charge is -1.94.